The van der Waals surface area contributed by atoms with Crippen LogP contribution in [0.2, 0.25) is 0 Å². The molecular weight excluding hydrogens is 310 g/mol. The smallest absolute Gasteiger partial charge is 0.257 e. The third-order valence-electron chi connectivity index (χ3n) is 3.58. The van der Waals surface area contributed by atoms with E-state index in [1.807, 2.05) is 30.3 Å². The van der Waals surface area contributed by atoms with Crippen LogP contribution in [-0.2, 0) is 11.2 Å². The second-order valence-electron chi connectivity index (χ2n) is 5.26. The van der Waals surface area contributed by atoms with Crippen LogP contribution in [0.1, 0.15) is 5.56 Å². The van der Waals surface area contributed by atoms with Gasteiger partial charge in [-0.3, -0.25) is 4.79 Å². The number of methoxy groups -OCH3 is 1. The lowest BCUT2D eigenvalue weighted by Gasteiger charge is -2.09. The number of rotatable bonds is 7. The molecule has 3 rings (SSSR count). The van der Waals surface area contributed by atoms with Crippen LogP contribution in [0.4, 0.5) is 0 Å². The van der Waals surface area contributed by atoms with Crippen molar-refractivity contribution in [2.24, 2.45) is 0 Å². The summed E-state index contributed by atoms with van der Waals surface area (Å²) < 4.78 is 21.2. The summed E-state index contributed by atoms with van der Waals surface area (Å²) in [6.07, 6.45) is 0.710. The summed E-state index contributed by atoms with van der Waals surface area (Å²) in [5.74, 6) is 2.63. The van der Waals surface area contributed by atoms with Gasteiger partial charge in [-0.1, -0.05) is 12.1 Å². The number of carbonyl (C=O) groups is 1. The lowest BCUT2D eigenvalue weighted by molar-refractivity contribution is -0.123. The Morgan fingerprint density at radius 1 is 1.12 bits per heavy atom. The van der Waals surface area contributed by atoms with Gasteiger partial charge >= 0.3 is 0 Å². The second kappa shape index (κ2) is 7.59. The largest absolute Gasteiger partial charge is 0.497 e. The van der Waals surface area contributed by atoms with Gasteiger partial charge in [-0.15, -0.1) is 0 Å². The van der Waals surface area contributed by atoms with Crippen LogP contribution in [0, 0.1) is 0 Å². The molecule has 1 aliphatic rings. The summed E-state index contributed by atoms with van der Waals surface area (Å²) in [5.41, 5.74) is 1.08. The third-order valence-corrected chi connectivity index (χ3v) is 3.58. The minimum absolute atomic E-state index is 0.0334. The molecule has 1 amide bonds. The van der Waals surface area contributed by atoms with Gasteiger partial charge in [0.15, 0.2) is 18.1 Å². The topological polar surface area (TPSA) is 66.0 Å². The highest BCUT2D eigenvalue weighted by molar-refractivity contribution is 5.77. The van der Waals surface area contributed by atoms with Gasteiger partial charge in [0, 0.05) is 12.6 Å². The first-order valence-corrected chi connectivity index (χ1v) is 7.66. The molecule has 0 saturated heterocycles. The highest BCUT2D eigenvalue weighted by Crippen LogP contribution is 2.32. The minimum atomic E-state index is -0.168. The molecule has 0 spiro atoms. The molecule has 0 aromatic heterocycles. The van der Waals surface area contributed by atoms with Crippen molar-refractivity contribution in [2.75, 3.05) is 27.1 Å². The Balaban J connectivity index is 1.41. The molecule has 24 heavy (non-hydrogen) atoms. The van der Waals surface area contributed by atoms with Crippen molar-refractivity contribution >= 4 is 5.91 Å². The van der Waals surface area contributed by atoms with Crippen LogP contribution >= 0.6 is 0 Å². The lowest BCUT2D eigenvalue weighted by atomic mass is 10.1. The third kappa shape index (κ3) is 4.10. The SMILES string of the molecule is COc1cccc(OCC(=O)NCCc2ccc3c(c2)OCO3)c1. The van der Waals surface area contributed by atoms with E-state index in [0.29, 0.717) is 24.5 Å². The van der Waals surface area contributed by atoms with Gasteiger partial charge in [0.2, 0.25) is 6.79 Å². The van der Waals surface area contributed by atoms with Gasteiger partial charge in [-0.2, -0.15) is 0 Å². The standard InChI is InChI=1S/C18H19NO5/c1-21-14-3-2-4-15(10-14)22-11-18(20)19-8-7-13-5-6-16-17(9-13)24-12-23-16/h2-6,9-10H,7-8,11-12H2,1H3,(H,19,20). The minimum Gasteiger partial charge on any atom is -0.497 e. The Labute approximate surface area is 140 Å². The normalized spacial score (nSPS) is 11.9. The Hall–Kier alpha value is -2.89. The number of amides is 1. The number of hydrogen-bond acceptors (Lipinski definition) is 5. The average molecular weight is 329 g/mol. The fraction of sp³-hybridized carbons (Fsp3) is 0.278. The predicted octanol–water partition coefficient (Wildman–Crippen LogP) is 2.16. The highest BCUT2D eigenvalue weighted by Gasteiger charge is 2.13. The quantitative estimate of drug-likeness (QED) is 0.843. The van der Waals surface area contributed by atoms with E-state index in [2.05, 4.69) is 5.32 Å². The van der Waals surface area contributed by atoms with Crippen molar-refractivity contribution in [1.82, 2.24) is 5.32 Å². The molecule has 2 aromatic carbocycles. The zero-order valence-corrected chi connectivity index (χ0v) is 13.4. The van der Waals surface area contributed by atoms with Gasteiger partial charge in [0.05, 0.1) is 7.11 Å². The van der Waals surface area contributed by atoms with E-state index in [0.717, 1.165) is 17.1 Å². The van der Waals surface area contributed by atoms with Crippen LogP contribution in [0.25, 0.3) is 0 Å². The Morgan fingerprint density at radius 2 is 1.96 bits per heavy atom. The lowest BCUT2D eigenvalue weighted by Crippen LogP contribution is -2.30. The average Bonchev–Trinajstić information content (AvgIpc) is 3.08. The highest BCUT2D eigenvalue weighted by atomic mass is 16.7. The molecule has 2 aromatic rings. The summed E-state index contributed by atoms with van der Waals surface area (Å²) in [6, 6.07) is 12.9. The molecule has 0 fully saturated rings. The first-order valence-electron chi connectivity index (χ1n) is 7.66. The molecule has 1 N–H and O–H groups in total. The summed E-state index contributed by atoms with van der Waals surface area (Å²) >= 11 is 0. The van der Waals surface area contributed by atoms with E-state index in [4.69, 9.17) is 18.9 Å². The van der Waals surface area contributed by atoms with Gasteiger partial charge in [-0.25, -0.2) is 0 Å². The number of hydrogen-bond donors (Lipinski definition) is 1. The molecule has 1 aliphatic heterocycles. The summed E-state index contributed by atoms with van der Waals surface area (Å²) in [4.78, 5) is 11.8. The van der Waals surface area contributed by atoms with Crippen LogP contribution in [-0.4, -0.2) is 33.0 Å². The first-order chi connectivity index (χ1) is 11.7. The molecule has 0 saturated carbocycles. The molecule has 0 bridgehead atoms. The van der Waals surface area contributed by atoms with Crippen LogP contribution in [0.15, 0.2) is 42.5 Å². The van der Waals surface area contributed by atoms with E-state index in [1.165, 1.54) is 0 Å². The van der Waals surface area contributed by atoms with Crippen LogP contribution in [0.5, 0.6) is 23.0 Å². The Morgan fingerprint density at radius 3 is 2.83 bits per heavy atom. The monoisotopic (exact) mass is 329 g/mol. The summed E-state index contributed by atoms with van der Waals surface area (Å²) in [5, 5.41) is 2.83. The molecule has 6 heteroatoms. The molecule has 0 radical (unpaired) electrons. The van der Waals surface area contributed by atoms with E-state index < -0.39 is 0 Å². The second-order valence-corrected chi connectivity index (χ2v) is 5.26. The Kier molecular flexibility index (Phi) is 5.05. The van der Waals surface area contributed by atoms with E-state index >= 15 is 0 Å². The van der Waals surface area contributed by atoms with Crippen LogP contribution < -0.4 is 24.3 Å². The van der Waals surface area contributed by atoms with Crippen LogP contribution in [0.3, 0.4) is 0 Å². The predicted molar refractivity (Wildman–Crippen MR) is 87.8 cm³/mol. The molecule has 126 valence electrons. The number of nitrogens with one attached hydrogen (secondary N) is 1. The van der Waals surface area contributed by atoms with Crippen molar-refractivity contribution in [1.29, 1.82) is 0 Å². The van der Waals surface area contributed by atoms with Gasteiger partial charge in [-0.05, 0) is 36.2 Å². The van der Waals surface area contributed by atoms with Gasteiger partial charge in [0.25, 0.3) is 5.91 Å². The van der Waals surface area contributed by atoms with Crippen molar-refractivity contribution in [3.63, 3.8) is 0 Å². The van der Waals surface area contributed by atoms with Crippen molar-refractivity contribution in [3.05, 3.63) is 48.0 Å². The van der Waals surface area contributed by atoms with Gasteiger partial charge in [0.1, 0.15) is 11.5 Å². The maximum Gasteiger partial charge on any atom is 0.257 e. The number of benzene rings is 2. The maximum atomic E-state index is 11.8. The van der Waals surface area contributed by atoms with E-state index in [9.17, 15) is 4.79 Å². The van der Waals surface area contributed by atoms with Crippen molar-refractivity contribution in [3.8, 4) is 23.0 Å². The molecular formula is C18H19NO5. The summed E-state index contributed by atoms with van der Waals surface area (Å²) in [7, 11) is 1.59. The fourth-order valence-electron chi connectivity index (χ4n) is 2.33. The van der Waals surface area contributed by atoms with Crippen molar-refractivity contribution in [2.45, 2.75) is 6.42 Å². The van der Waals surface area contributed by atoms with E-state index in [-0.39, 0.29) is 19.3 Å². The first kappa shape index (κ1) is 16.0. The number of fused-ring (bicyclic) bond motifs is 1. The zero-order valence-electron chi connectivity index (χ0n) is 13.4. The molecule has 1 heterocycles. The maximum absolute atomic E-state index is 11.8. The summed E-state index contributed by atoms with van der Waals surface area (Å²) in [6.45, 7) is 0.755. The van der Waals surface area contributed by atoms with Gasteiger partial charge < -0.3 is 24.3 Å². The fourth-order valence-corrected chi connectivity index (χ4v) is 2.33. The zero-order chi connectivity index (χ0) is 16.8. The molecule has 0 unspecified atom stereocenters. The molecule has 0 atom stereocenters. The number of carbonyl (C=O) groups excluding carboxylic acids is 1. The molecule has 0 aliphatic carbocycles. The van der Waals surface area contributed by atoms with E-state index in [1.54, 1.807) is 19.2 Å². The van der Waals surface area contributed by atoms with Crippen molar-refractivity contribution < 1.29 is 23.7 Å². The number of ether oxygens (including phenoxy) is 4. The Bertz CT molecular complexity index is 716. The molecule has 6 nitrogen and oxygen atoms in total.